The maximum atomic E-state index is 10.7. The molecule has 0 aliphatic heterocycles. The van der Waals surface area contributed by atoms with E-state index < -0.39 is 29.4 Å². The molecule has 0 rings (SSSR count). The van der Waals surface area contributed by atoms with E-state index in [2.05, 4.69) is 0 Å². The number of aliphatic hydroxyl groups excluding tert-OH is 1. The van der Waals surface area contributed by atoms with Crippen molar-refractivity contribution < 1.29 is 49.4 Å². The van der Waals surface area contributed by atoms with Crippen LogP contribution in [0.2, 0.25) is 0 Å². The molecule has 0 aromatic carbocycles. The molecule has 0 saturated heterocycles. The molecule has 0 aliphatic rings. The van der Waals surface area contributed by atoms with Crippen LogP contribution in [0.15, 0.2) is 0 Å². The Bertz CT molecular complexity index is 189. The number of carboxylic acid groups (broad SMARTS) is 1. The largest absolute Gasteiger partial charge is 1.00 e. The van der Waals surface area contributed by atoms with Gasteiger partial charge in [-0.3, -0.25) is 4.79 Å². The molecule has 8 heteroatoms. The fraction of sp³-hybridized carbons (Fsp3) is 0.600. The van der Waals surface area contributed by atoms with E-state index >= 15 is 0 Å². The molecule has 3 N–H and O–H groups in total. The zero-order valence-electron chi connectivity index (χ0n) is 6.83. The van der Waals surface area contributed by atoms with Gasteiger partial charge in [0.2, 0.25) is 0 Å². The third-order valence-electron chi connectivity index (χ3n) is 0.995. The first-order chi connectivity index (χ1) is 5.49. The van der Waals surface area contributed by atoms with Gasteiger partial charge < -0.3 is 15.5 Å². The zero-order chi connectivity index (χ0) is 9.72. The van der Waals surface area contributed by atoms with Crippen LogP contribution in [0.4, 0.5) is 0 Å². The van der Waals surface area contributed by atoms with E-state index in [9.17, 15) is 9.59 Å². The minimum Gasteiger partial charge on any atom is -0.480 e. The summed E-state index contributed by atoms with van der Waals surface area (Å²) in [5, 5.41) is 18.7. The molecule has 0 aliphatic carbocycles. The standard InChI is InChI=1S/C5H7Cl2NO4.Na/c6-3(7)4(10)8-2(1-9)5(11)12;/h2-3,9H,1H2,(H,8,10)(H,11,12);/q;+1. The normalized spacial score (nSPS) is 11.7. The molecule has 13 heavy (non-hydrogen) atoms. The average molecular weight is 239 g/mol. The summed E-state index contributed by atoms with van der Waals surface area (Å²) < 4.78 is 0. The first kappa shape index (κ1) is 15.9. The summed E-state index contributed by atoms with van der Waals surface area (Å²) in [7, 11) is 0. The molecule has 0 aromatic rings. The molecule has 1 atom stereocenters. The second-order valence-corrected chi connectivity index (χ2v) is 2.98. The fourth-order valence-electron chi connectivity index (χ4n) is 0.420. The van der Waals surface area contributed by atoms with Gasteiger partial charge in [0.25, 0.3) is 5.91 Å². The molecule has 0 aromatic heterocycles. The minimum atomic E-state index is -1.36. The van der Waals surface area contributed by atoms with E-state index in [1.54, 1.807) is 0 Å². The number of hydrogen-bond acceptors (Lipinski definition) is 3. The smallest absolute Gasteiger partial charge is 0.480 e. The Hall–Kier alpha value is 0.480. The van der Waals surface area contributed by atoms with Crippen molar-refractivity contribution in [3.63, 3.8) is 0 Å². The number of hydrogen-bond donors (Lipinski definition) is 3. The maximum absolute atomic E-state index is 10.7. The van der Waals surface area contributed by atoms with Crippen LogP contribution in [-0.2, 0) is 9.59 Å². The molecule has 0 bridgehead atoms. The topological polar surface area (TPSA) is 86.6 Å². The molecule has 0 spiro atoms. The Morgan fingerprint density at radius 2 is 1.85 bits per heavy atom. The van der Waals surface area contributed by atoms with Crippen LogP contribution >= 0.6 is 23.2 Å². The van der Waals surface area contributed by atoms with E-state index in [1.807, 2.05) is 5.32 Å². The van der Waals surface area contributed by atoms with Gasteiger partial charge >= 0.3 is 35.5 Å². The van der Waals surface area contributed by atoms with E-state index in [0.29, 0.717) is 0 Å². The van der Waals surface area contributed by atoms with Crippen LogP contribution < -0.4 is 34.9 Å². The van der Waals surface area contributed by atoms with Gasteiger partial charge in [-0.1, -0.05) is 23.2 Å². The zero-order valence-corrected chi connectivity index (χ0v) is 10.3. The summed E-state index contributed by atoms with van der Waals surface area (Å²) in [4.78, 5) is 19.6. The first-order valence-corrected chi connectivity index (χ1v) is 3.78. The minimum absolute atomic E-state index is 0. The summed E-state index contributed by atoms with van der Waals surface area (Å²) in [6.45, 7) is -0.707. The first-order valence-electron chi connectivity index (χ1n) is 2.91. The van der Waals surface area contributed by atoms with Crippen molar-refractivity contribution in [3.8, 4) is 0 Å². The number of nitrogens with one attached hydrogen (secondary N) is 1. The molecule has 0 heterocycles. The van der Waals surface area contributed by atoms with Gasteiger partial charge in [0.1, 0.15) is 6.04 Å². The molecule has 5 nitrogen and oxygen atoms in total. The van der Waals surface area contributed by atoms with Crippen LogP contribution in [0.5, 0.6) is 0 Å². The maximum Gasteiger partial charge on any atom is 1.00 e. The number of rotatable bonds is 4. The van der Waals surface area contributed by atoms with Crippen molar-refractivity contribution in [2.24, 2.45) is 0 Å². The average Bonchev–Trinajstić information content (AvgIpc) is 1.98. The van der Waals surface area contributed by atoms with Gasteiger partial charge in [-0.05, 0) is 0 Å². The van der Waals surface area contributed by atoms with Gasteiger partial charge in [-0.15, -0.1) is 0 Å². The summed E-state index contributed by atoms with van der Waals surface area (Å²) >= 11 is 10.2. The van der Waals surface area contributed by atoms with Gasteiger partial charge in [0, 0.05) is 0 Å². The Balaban J connectivity index is 0. The summed E-state index contributed by atoms with van der Waals surface area (Å²) in [6.07, 6.45) is 0. The van der Waals surface area contributed by atoms with Gasteiger partial charge in [-0.2, -0.15) is 0 Å². The molecule has 1 amide bonds. The van der Waals surface area contributed by atoms with Crippen LogP contribution in [-0.4, -0.2) is 39.6 Å². The Morgan fingerprint density at radius 1 is 1.38 bits per heavy atom. The third kappa shape index (κ3) is 6.54. The van der Waals surface area contributed by atoms with E-state index in [0.717, 1.165) is 0 Å². The van der Waals surface area contributed by atoms with Crippen molar-refractivity contribution in [2.75, 3.05) is 6.61 Å². The number of carbonyl (C=O) groups is 2. The number of aliphatic hydroxyl groups is 1. The number of halogens is 2. The molecular formula is C5H7Cl2NNaO4+. The second-order valence-electron chi connectivity index (χ2n) is 1.88. The van der Waals surface area contributed by atoms with Crippen LogP contribution in [0.1, 0.15) is 0 Å². The van der Waals surface area contributed by atoms with Crippen molar-refractivity contribution in [3.05, 3.63) is 0 Å². The van der Waals surface area contributed by atoms with Crippen LogP contribution in [0.25, 0.3) is 0 Å². The van der Waals surface area contributed by atoms with E-state index in [-0.39, 0.29) is 29.6 Å². The number of carbonyl (C=O) groups excluding carboxylic acids is 1. The molecule has 0 saturated carbocycles. The number of amides is 1. The quantitative estimate of drug-likeness (QED) is 0.349. The third-order valence-corrected chi connectivity index (χ3v) is 1.39. The van der Waals surface area contributed by atoms with Crippen LogP contribution in [0.3, 0.4) is 0 Å². The second kappa shape index (κ2) is 7.84. The Kier molecular flexibility index (Phi) is 9.61. The Labute approximate surface area is 107 Å². The monoisotopic (exact) mass is 238 g/mol. The van der Waals surface area contributed by atoms with Crippen molar-refractivity contribution in [2.45, 2.75) is 10.9 Å². The Morgan fingerprint density at radius 3 is 2.08 bits per heavy atom. The number of aliphatic carboxylic acids is 1. The molecular weight excluding hydrogens is 232 g/mol. The molecule has 0 radical (unpaired) electrons. The summed E-state index contributed by atoms with van der Waals surface area (Å²) in [5.74, 6) is -2.19. The molecule has 70 valence electrons. The number of carboxylic acids is 1. The SMILES string of the molecule is O=C(NC(CO)C(=O)O)C(Cl)Cl.[Na+]. The van der Waals surface area contributed by atoms with Crippen LogP contribution in [0, 0.1) is 0 Å². The van der Waals surface area contributed by atoms with Gasteiger partial charge in [0.05, 0.1) is 6.61 Å². The summed E-state index contributed by atoms with van der Waals surface area (Å²) in [6, 6.07) is -1.36. The van der Waals surface area contributed by atoms with Crippen molar-refractivity contribution in [1.82, 2.24) is 5.32 Å². The fourth-order valence-corrected chi connectivity index (χ4v) is 0.546. The predicted molar refractivity (Wildman–Crippen MR) is 42.1 cm³/mol. The number of alkyl halides is 2. The molecule has 1 unspecified atom stereocenters. The summed E-state index contributed by atoms with van der Waals surface area (Å²) in [5.41, 5.74) is 0. The van der Waals surface area contributed by atoms with Gasteiger partial charge in [-0.25, -0.2) is 4.79 Å². The molecule has 0 fully saturated rings. The van der Waals surface area contributed by atoms with E-state index in [1.165, 1.54) is 0 Å². The predicted octanol–water partition coefficient (Wildman–Crippen LogP) is -3.64. The van der Waals surface area contributed by atoms with Crippen molar-refractivity contribution in [1.29, 1.82) is 0 Å². The van der Waals surface area contributed by atoms with E-state index in [4.69, 9.17) is 33.4 Å². The van der Waals surface area contributed by atoms with Crippen molar-refractivity contribution >= 4 is 35.1 Å². The van der Waals surface area contributed by atoms with Gasteiger partial charge in [0.15, 0.2) is 4.84 Å².